The Labute approximate surface area is 124 Å². The monoisotopic (exact) mass is 281 g/mol. The smallest absolute Gasteiger partial charge is 0.319 e. The quantitative estimate of drug-likeness (QED) is 0.844. The highest BCUT2D eigenvalue weighted by atomic mass is 16.2. The molecule has 2 aromatic rings. The lowest BCUT2D eigenvalue weighted by Crippen LogP contribution is -2.35. The number of pyridine rings is 1. The Morgan fingerprint density at radius 3 is 2.95 bits per heavy atom. The van der Waals surface area contributed by atoms with E-state index in [0.717, 1.165) is 35.0 Å². The van der Waals surface area contributed by atoms with E-state index in [1.807, 2.05) is 31.2 Å². The van der Waals surface area contributed by atoms with E-state index in [-0.39, 0.29) is 6.03 Å². The van der Waals surface area contributed by atoms with Crippen LogP contribution in [0.5, 0.6) is 0 Å². The van der Waals surface area contributed by atoms with Gasteiger partial charge < -0.3 is 10.6 Å². The van der Waals surface area contributed by atoms with Crippen LogP contribution >= 0.6 is 0 Å². The van der Waals surface area contributed by atoms with Gasteiger partial charge in [-0.15, -0.1) is 0 Å². The molecule has 0 atom stereocenters. The molecular formula is C17H19N3O. The van der Waals surface area contributed by atoms with Crippen molar-refractivity contribution in [2.24, 2.45) is 5.92 Å². The van der Waals surface area contributed by atoms with E-state index >= 15 is 0 Å². The maximum absolute atomic E-state index is 12.1. The summed E-state index contributed by atoms with van der Waals surface area (Å²) >= 11 is 0. The van der Waals surface area contributed by atoms with Crippen LogP contribution in [0, 0.1) is 12.8 Å². The fourth-order valence-corrected chi connectivity index (χ4v) is 2.72. The first-order chi connectivity index (χ1) is 10.1. The molecule has 0 bridgehead atoms. The molecule has 0 spiro atoms. The molecule has 1 aliphatic rings. The minimum atomic E-state index is -0.160. The van der Waals surface area contributed by atoms with Crippen molar-refractivity contribution in [3.05, 3.63) is 48.2 Å². The summed E-state index contributed by atoms with van der Waals surface area (Å²) in [4.78, 5) is 16.4. The number of urea groups is 1. The van der Waals surface area contributed by atoms with Crippen molar-refractivity contribution >= 4 is 22.6 Å². The Bertz CT molecular complexity index is 700. The topological polar surface area (TPSA) is 54.0 Å². The van der Waals surface area contributed by atoms with Gasteiger partial charge in [-0.3, -0.25) is 4.98 Å². The Hall–Kier alpha value is -2.36. The van der Waals surface area contributed by atoms with Crippen LogP contribution in [-0.4, -0.2) is 17.6 Å². The van der Waals surface area contributed by atoms with E-state index in [1.54, 1.807) is 6.20 Å². The van der Waals surface area contributed by atoms with Crippen molar-refractivity contribution in [3.63, 3.8) is 0 Å². The second-order valence-corrected chi connectivity index (χ2v) is 5.69. The summed E-state index contributed by atoms with van der Waals surface area (Å²) in [5.74, 6) is 0.540. The van der Waals surface area contributed by atoms with Gasteiger partial charge in [0.25, 0.3) is 0 Å². The first-order valence-corrected chi connectivity index (χ1v) is 7.19. The summed E-state index contributed by atoms with van der Waals surface area (Å²) < 4.78 is 0. The molecule has 0 unspecified atom stereocenters. The maximum Gasteiger partial charge on any atom is 0.319 e. The Morgan fingerprint density at radius 2 is 2.19 bits per heavy atom. The highest BCUT2D eigenvalue weighted by Crippen LogP contribution is 2.30. The second-order valence-electron chi connectivity index (χ2n) is 5.69. The molecule has 1 fully saturated rings. The fourth-order valence-electron chi connectivity index (χ4n) is 2.72. The van der Waals surface area contributed by atoms with E-state index in [1.165, 1.54) is 5.57 Å². The SMILES string of the molecule is C=C1CC(CNC(=O)Nc2c(C)ccc3ncccc23)C1. The molecule has 1 heterocycles. The average molecular weight is 281 g/mol. The number of benzene rings is 1. The zero-order valence-electron chi connectivity index (χ0n) is 12.1. The molecule has 21 heavy (non-hydrogen) atoms. The van der Waals surface area contributed by atoms with E-state index in [2.05, 4.69) is 22.2 Å². The number of aryl methyl sites for hydroxylation is 1. The predicted molar refractivity (Wildman–Crippen MR) is 85.4 cm³/mol. The summed E-state index contributed by atoms with van der Waals surface area (Å²) in [7, 11) is 0. The lowest BCUT2D eigenvalue weighted by atomic mass is 9.81. The Kier molecular flexibility index (Phi) is 3.60. The number of hydrogen-bond donors (Lipinski definition) is 2. The third-order valence-electron chi connectivity index (χ3n) is 3.94. The van der Waals surface area contributed by atoms with Gasteiger partial charge in [0.2, 0.25) is 0 Å². The number of allylic oxidation sites excluding steroid dienone is 1. The zero-order valence-corrected chi connectivity index (χ0v) is 12.1. The summed E-state index contributed by atoms with van der Waals surface area (Å²) in [6.45, 7) is 6.60. The molecule has 1 aromatic carbocycles. The third kappa shape index (κ3) is 2.89. The highest BCUT2D eigenvalue weighted by Gasteiger charge is 2.21. The van der Waals surface area contributed by atoms with Crippen LogP contribution in [0.4, 0.5) is 10.5 Å². The minimum Gasteiger partial charge on any atom is -0.338 e. The van der Waals surface area contributed by atoms with Crippen LogP contribution in [0.25, 0.3) is 10.9 Å². The summed E-state index contributed by atoms with van der Waals surface area (Å²) in [6, 6.07) is 7.63. The van der Waals surface area contributed by atoms with Crippen LogP contribution in [0.15, 0.2) is 42.6 Å². The maximum atomic E-state index is 12.1. The number of carbonyl (C=O) groups excluding carboxylic acids is 1. The minimum absolute atomic E-state index is 0.160. The van der Waals surface area contributed by atoms with E-state index in [0.29, 0.717) is 12.5 Å². The lowest BCUT2D eigenvalue weighted by molar-refractivity contribution is 0.248. The number of fused-ring (bicyclic) bond motifs is 1. The second kappa shape index (κ2) is 5.56. The van der Waals surface area contributed by atoms with Gasteiger partial charge in [0.1, 0.15) is 0 Å². The molecule has 0 aliphatic heterocycles. The van der Waals surface area contributed by atoms with Gasteiger partial charge in [-0.1, -0.05) is 18.2 Å². The van der Waals surface area contributed by atoms with Gasteiger partial charge in [0.15, 0.2) is 0 Å². The molecule has 1 aromatic heterocycles. The number of aromatic nitrogens is 1. The van der Waals surface area contributed by atoms with Crippen molar-refractivity contribution in [2.45, 2.75) is 19.8 Å². The molecule has 1 saturated carbocycles. The summed E-state index contributed by atoms with van der Waals surface area (Å²) in [5.41, 5.74) is 4.02. The molecule has 0 saturated heterocycles. The van der Waals surface area contributed by atoms with E-state index in [4.69, 9.17) is 0 Å². The molecular weight excluding hydrogens is 262 g/mol. The number of carbonyl (C=O) groups is 1. The van der Waals surface area contributed by atoms with E-state index in [9.17, 15) is 4.79 Å². The van der Waals surface area contributed by atoms with Gasteiger partial charge in [0, 0.05) is 18.1 Å². The largest absolute Gasteiger partial charge is 0.338 e. The molecule has 1 aliphatic carbocycles. The van der Waals surface area contributed by atoms with Crippen molar-refractivity contribution in [2.75, 3.05) is 11.9 Å². The van der Waals surface area contributed by atoms with Crippen molar-refractivity contribution < 1.29 is 4.79 Å². The summed E-state index contributed by atoms with van der Waals surface area (Å²) in [6.07, 6.45) is 3.81. The zero-order chi connectivity index (χ0) is 14.8. The van der Waals surface area contributed by atoms with Gasteiger partial charge in [-0.2, -0.15) is 0 Å². The number of amides is 2. The fraction of sp³-hybridized carbons (Fsp3) is 0.294. The number of nitrogens with zero attached hydrogens (tertiary/aromatic N) is 1. The molecule has 4 nitrogen and oxygen atoms in total. The van der Waals surface area contributed by atoms with Gasteiger partial charge in [-0.25, -0.2) is 4.79 Å². The van der Waals surface area contributed by atoms with Crippen molar-refractivity contribution in [3.8, 4) is 0 Å². The normalized spacial score (nSPS) is 14.8. The van der Waals surface area contributed by atoms with Crippen LogP contribution in [-0.2, 0) is 0 Å². The van der Waals surface area contributed by atoms with Crippen molar-refractivity contribution in [1.29, 1.82) is 0 Å². The van der Waals surface area contributed by atoms with Gasteiger partial charge in [0.05, 0.1) is 11.2 Å². The standard InChI is InChI=1S/C17H19N3O/c1-11-8-13(9-11)10-19-17(21)20-16-12(2)5-6-15-14(16)4-3-7-18-15/h3-7,13H,1,8-10H2,2H3,(H2,19,20,21). The number of nitrogens with one attached hydrogen (secondary N) is 2. The molecule has 108 valence electrons. The van der Waals surface area contributed by atoms with Gasteiger partial charge in [-0.05, 0) is 49.4 Å². The van der Waals surface area contributed by atoms with Gasteiger partial charge >= 0.3 is 6.03 Å². The van der Waals surface area contributed by atoms with Crippen LogP contribution < -0.4 is 10.6 Å². The first kappa shape index (κ1) is 13.6. The molecule has 0 radical (unpaired) electrons. The number of hydrogen-bond acceptors (Lipinski definition) is 2. The molecule has 2 N–H and O–H groups in total. The average Bonchev–Trinajstić information content (AvgIpc) is 2.45. The molecule has 3 rings (SSSR count). The number of anilines is 1. The Morgan fingerprint density at radius 1 is 1.38 bits per heavy atom. The first-order valence-electron chi connectivity index (χ1n) is 7.19. The van der Waals surface area contributed by atoms with Crippen LogP contribution in [0.2, 0.25) is 0 Å². The van der Waals surface area contributed by atoms with Crippen LogP contribution in [0.3, 0.4) is 0 Å². The number of rotatable bonds is 3. The lowest BCUT2D eigenvalue weighted by Gasteiger charge is -2.28. The van der Waals surface area contributed by atoms with Crippen molar-refractivity contribution in [1.82, 2.24) is 10.3 Å². The molecule has 4 heteroatoms. The predicted octanol–water partition coefficient (Wildman–Crippen LogP) is 3.63. The Balaban J connectivity index is 1.70. The van der Waals surface area contributed by atoms with E-state index < -0.39 is 0 Å². The summed E-state index contributed by atoms with van der Waals surface area (Å²) in [5, 5.41) is 6.85. The molecule has 2 amide bonds. The highest BCUT2D eigenvalue weighted by molar-refractivity contribution is 6.01. The third-order valence-corrected chi connectivity index (χ3v) is 3.94. The van der Waals surface area contributed by atoms with Crippen LogP contribution in [0.1, 0.15) is 18.4 Å².